The van der Waals surface area contributed by atoms with Crippen LogP contribution in [0.1, 0.15) is 5.56 Å². The lowest BCUT2D eigenvalue weighted by atomic mass is 10.2. The molecule has 1 N–H and O–H groups in total. The maximum Gasteiger partial charge on any atom is 0.297 e. The number of thioether (sulfide) groups is 1. The molecule has 3 aromatic rings. The number of halogens is 1. The summed E-state index contributed by atoms with van der Waals surface area (Å²) in [5, 5.41) is 11.9. The molecule has 1 heterocycles. The Kier molecular flexibility index (Phi) is 6.25. The monoisotopic (exact) mass is 428 g/mol. The lowest BCUT2D eigenvalue weighted by molar-refractivity contribution is 0.626. The third kappa shape index (κ3) is 4.62. The Morgan fingerprint density at radius 3 is 2.54 bits per heavy atom. The molecule has 132 valence electrons. The lowest BCUT2D eigenvalue weighted by Gasteiger charge is -2.11. The van der Waals surface area contributed by atoms with Gasteiger partial charge in [0.2, 0.25) is 5.82 Å². The van der Waals surface area contributed by atoms with Crippen LogP contribution in [0.2, 0.25) is 0 Å². The topological polar surface area (TPSA) is 59.8 Å². The first kappa shape index (κ1) is 18.4. The number of nitrogens with one attached hydrogen (secondary N) is 1. The van der Waals surface area contributed by atoms with Crippen molar-refractivity contribution in [1.29, 1.82) is 0 Å². The lowest BCUT2D eigenvalue weighted by Crippen LogP contribution is -2.26. The van der Waals surface area contributed by atoms with Crippen LogP contribution in [0.5, 0.6) is 0 Å². The van der Waals surface area contributed by atoms with Crippen LogP contribution >= 0.6 is 27.7 Å². The summed E-state index contributed by atoms with van der Waals surface area (Å²) in [6, 6.07) is 17.5. The van der Waals surface area contributed by atoms with E-state index in [-0.39, 0.29) is 11.4 Å². The molecule has 0 aliphatic heterocycles. The molecule has 0 fully saturated rings. The minimum atomic E-state index is -0.220. The zero-order chi connectivity index (χ0) is 18.4. The van der Waals surface area contributed by atoms with Crippen LogP contribution in [0, 0.1) is 0 Å². The molecule has 0 aliphatic rings. The van der Waals surface area contributed by atoms with Gasteiger partial charge in [-0.3, -0.25) is 9.36 Å². The van der Waals surface area contributed by atoms with Crippen LogP contribution in [0.3, 0.4) is 0 Å². The maximum absolute atomic E-state index is 12.8. The summed E-state index contributed by atoms with van der Waals surface area (Å²) >= 11 is 4.90. The molecular weight excluding hydrogens is 412 g/mol. The second kappa shape index (κ2) is 8.82. The molecule has 0 radical (unpaired) electrons. The van der Waals surface area contributed by atoms with Crippen LogP contribution in [0.15, 0.2) is 81.7 Å². The molecule has 7 heteroatoms. The van der Waals surface area contributed by atoms with Gasteiger partial charge in [-0.25, -0.2) is 0 Å². The minimum Gasteiger partial charge on any atom is -0.334 e. The van der Waals surface area contributed by atoms with Crippen molar-refractivity contribution in [3.05, 3.63) is 87.6 Å². The Labute approximate surface area is 164 Å². The highest BCUT2D eigenvalue weighted by atomic mass is 79.9. The van der Waals surface area contributed by atoms with E-state index >= 15 is 0 Å². The predicted octanol–water partition coefficient (Wildman–Crippen LogP) is 4.62. The Bertz CT molecular complexity index is 942. The fourth-order valence-electron chi connectivity index (χ4n) is 2.27. The van der Waals surface area contributed by atoms with Gasteiger partial charge in [-0.15, -0.1) is 16.8 Å². The van der Waals surface area contributed by atoms with Crippen molar-refractivity contribution in [2.45, 2.75) is 17.5 Å². The standard InChI is InChI=1S/C19H17BrN4OS/c1-2-12-24-18(25)17(21-16-6-4-3-5-7-16)22-23-19(24)26-13-14-8-10-15(20)11-9-14/h2-11H,1,12-13H2,(H,21,22). The number of allylic oxidation sites excluding steroid dienone is 1. The van der Waals surface area contributed by atoms with Gasteiger partial charge < -0.3 is 5.32 Å². The summed E-state index contributed by atoms with van der Waals surface area (Å²) in [4.78, 5) is 12.8. The largest absolute Gasteiger partial charge is 0.334 e. The Morgan fingerprint density at radius 1 is 1.12 bits per heavy atom. The molecule has 26 heavy (non-hydrogen) atoms. The molecule has 5 nitrogen and oxygen atoms in total. The van der Waals surface area contributed by atoms with E-state index in [1.54, 1.807) is 10.6 Å². The van der Waals surface area contributed by atoms with Crippen molar-refractivity contribution in [1.82, 2.24) is 14.8 Å². The molecule has 0 spiro atoms. The minimum absolute atomic E-state index is 0.200. The number of hydrogen-bond donors (Lipinski definition) is 1. The molecule has 0 unspecified atom stereocenters. The molecule has 1 aromatic heterocycles. The first-order valence-electron chi connectivity index (χ1n) is 7.95. The molecule has 0 saturated heterocycles. The number of para-hydroxylation sites is 1. The smallest absolute Gasteiger partial charge is 0.297 e. The second-order valence-electron chi connectivity index (χ2n) is 5.44. The summed E-state index contributed by atoms with van der Waals surface area (Å²) < 4.78 is 2.61. The number of benzene rings is 2. The Hall–Kier alpha value is -2.38. The highest BCUT2D eigenvalue weighted by Crippen LogP contribution is 2.22. The normalized spacial score (nSPS) is 10.5. The number of hydrogen-bond acceptors (Lipinski definition) is 5. The van der Waals surface area contributed by atoms with Gasteiger partial charge in [0, 0.05) is 22.5 Å². The Balaban J connectivity index is 1.83. The van der Waals surface area contributed by atoms with Crippen molar-refractivity contribution < 1.29 is 0 Å². The average molecular weight is 429 g/mol. The number of rotatable bonds is 7. The van der Waals surface area contributed by atoms with E-state index in [0.717, 1.165) is 15.7 Å². The number of nitrogens with zero attached hydrogens (tertiary/aromatic N) is 3. The zero-order valence-electron chi connectivity index (χ0n) is 13.9. The predicted molar refractivity (Wildman–Crippen MR) is 110 cm³/mol. The van der Waals surface area contributed by atoms with Crippen LogP contribution in [-0.2, 0) is 12.3 Å². The fraction of sp³-hybridized carbons (Fsp3) is 0.105. The maximum atomic E-state index is 12.8. The van der Waals surface area contributed by atoms with Gasteiger partial charge in [0.1, 0.15) is 0 Å². The SMILES string of the molecule is C=CCn1c(SCc2ccc(Br)cc2)nnc(Nc2ccccc2)c1=O. The number of anilines is 2. The van der Waals surface area contributed by atoms with Gasteiger partial charge in [-0.1, -0.05) is 64.1 Å². The van der Waals surface area contributed by atoms with E-state index in [0.29, 0.717) is 17.5 Å². The summed E-state index contributed by atoms with van der Waals surface area (Å²) in [6.07, 6.45) is 1.68. The van der Waals surface area contributed by atoms with E-state index in [2.05, 4.69) is 38.0 Å². The van der Waals surface area contributed by atoms with Gasteiger partial charge in [0.05, 0.1) is 0 Å². The summed E-state index contributed by atoms with van der Waals surface area (Å²) in [7, 11) is 0. The molecule has 0 amide bonds. The van der Waals surface area contributed by atoms with Gasteiger partial charge in [0.15, 0.2) is 5.16 Å². The van der Waals surface area contributed by atoms with Crippen LogP contribution < -0.4 is 10.9 Å². The first-order valence-corrected chi connectivity index (χ1v) is 9.73. The molecule has 0 bridgehead atoms. The number of aromatic nitrogens is 3. The molecule has 0 atom stereocenters. The van der Waals surface area contributed by atoms with Gasteiger partial charge in [-0.2, -0.15) is 0 Å². The van der Waals surface area contributed by atoms with E-state index in [1.165, 1.54) is 11.8 Å². The first-order chi connectivity index (χ1) is 12.7. The average Bonchev–Trinajstić information content (AvgIpc) is 2.66. The van der Waals surface area contributed by atoms with Gasteiger partial charge in [0.25, 0.3) is 5.56 Å². The van der Waals surface area contributed by atoms with Crippen LogP contribution in [0.25, 0.3) is 0 Å². The van der Waals surface area contributed by atoms with Crippen molar-refractivity contribution >= 4 is 39.2 Å². The molecule has 3 rings (SSSR count). The van der Waals surface area contributed by atoms with E-state index in [1.807, 2.05) is 54.6 Å². The van der Waals surface area contributed by atoms with Gasteiger partial charge >= 0.3 is 0 Å². The summed E-state index contributed by atoms with van der Waals surface area (Å²) in [5.41, 5.74) is 1.71. The molecule has 2 aromatic carbocycles. The third-order valence-corrected chi connectivity index (χ3v) is 5.11. The quantitative estimate of drug-likeness (QED) is 0.439. The summed E-state index contributed by atoms with van der Waals surface area (Å²) in [6.45, 7) is 4.11. The summed E-state index contributed by atoms with van der Waals surface area (Å²) in [5.74, 6) is 0.898. The van der Waals surface area contributed by atoms with Crippen molar-refractivity contribution in [3.63, 3.8) is 0 Å². The highest BCUT2D eigenvalue weighted by Gasteiger charge is 2.12. The fourth-order valence-corrected chi connectivity index (χ4v) is 3.43. The van der Waals surface area contributed by atoms with E-state index in [4.69, 9.17) is 0 Å². The van der Waals surface area contributed by atoms with Crippen molar-refractivity contribution in [3.8, 4) is 0 Å². The van der Waals surface area contributed by atoms with Crippen LogP contribution in [-0.4, -0.2) is 14.8 Å². The van der Waals surface area contributed by atoms with E-state index in [9.17, 15) is 4.79 Å². The zero-order valence-corrected chi connectivity index (χ0v) is 16.3. The van der Waals surface area contributed by atoms with Crippen molar-refractivity contribution in [2.24, 2.45) is 0 Å². The Morgan fingerprint density at radius 2 is 1.85 bits per heavy atom. The van der Waals surface area contributed by atoms with Gasteiger partial charge in [-0.05, 0) is 29.8 Å². The van der Waals surface area contributed by atoms with Crippen molar-refractivity contribution in [2.75, 3.05) is 5.32 Å². The molecular formula is C19H17BrN4OS. The second-order valence-corrected chi connectivity index (χ2v) is 7.30. The molecule has 0 saturated carbocycles. The molecule has 0 aliphatic carbocycles. The van der Waals surface area contributed by atoms with Crippen LogP contribution in [0.4, 0.5) is 11.5 Å². The third-order valence-electron chi connectivity index (χ3n) is 3.54. The van der Waals surface area contributed by atoms with E-state index < -0.39 is 0 Å². The highest BCUT2D eigenvalue weighted by molar-refractivity contribution is 9.10.